The molecule has 0 aliphatic rings. The molecule has 2 rings (SSSR count). The second-order valence-corrected chi connectivity index (χ2v) is 4.93. The molecule has 2 N–H and O–H groups in total. The van der Waals surface area contributed by atoms with E-state index in [4.69, 9.17) is 9.84 Å². The molecule has 1 heterocycles. The lowest BCUT2D eigenvalue weighted by Crippen LogP contribution is -2.31. The Morgan fingerprint density at radius 1 is 1.33 bits per heavy atom. The molecule has 0 aliphatic heterocycles. The minimum atomic E-state index is -1.09. The van der Waals surface area contributed by atoms with Crippen molar-refractivity contribution in [3.05, 3.63) is 61.3 Å². The number of nitrogens with zero attached hydrogens (tertiary/aromatic N) is 1. The number of H-pyrrole nitrogens is 1. The van der Waals surface area contributed by atoms with E-state index < -0.39 is 17.2 Å². The molecule has 2 aromatic rings. The van der Waals surface area contributed by atoms with Crippen molar-refractivity contribution in [1.82, 2.24) is 9.55 Å². The second kappa shape index (κ2) is 6.40. The highest BCUT2D eigenvalue weighted by Crippen LogP contribution is 2.17. The van der Waals surface area contributed by atoms with Gasteiger partial charge in [0, 0.05) is 6.20 Å². The summed E-state index contributed by atoms with van der Waals surface area (Å²) < 4.78 is 6.87. The molecule has 0 amide bonds. The summed E-state index contributed by atoms with van der Waals surface area (Å²) in [6.45, 7) is 0.255. The van der Waals surface area contributed by atoms with Crippen LogP contribution in [0.15, 0.2) is 44.5 Å². The fourth-order valence-corrected chi connectivity index (χ4v) is 2.02. The van der Waals surface area contributed by atoms with Crippen LogP contribution in [-0.2, 0) is 6.54 Å². The maximum atomic E-state index is 11.5. The van der Waals surface area contributed by atoms with Gasteiger partial charge in [-0.1, -0.05) is 12.1 Å². The smallest absolute Gasteiger partial charge is 0.339 e. The zero-order chi connectivity index (χ0) is 15.4. The SMILES string of the molecule is O=C(O)c1ccccc1OCCn1cc(Br)c(=O)[nH]c1=O. The first kappa shape index (κ1) is 15.0. The highest BCUT2D eigenvalue weighted by atomic mass is 79.9. The number of halogens is 1. The number of aromatic carboxylic acids is 1. The summed E-state index contributed by atoms with van der Waals surface area (Å²) in [5, 5.41) is 9.01. The first-order chi connectivity index (χ1) is 9.99. The van der Waals surface area contributed by atoms with E-state index in [-0.39, 0.29) is 28.9 Å². The third-order valence-electron chi connectivity index (χ3n) is 2.67. The van der Waals surface area contributed by atoms with Crippen molar-refractivity contribution in [1.29, 1.82) is 0 Å². The lowest BCUT2D eigenvalue weighted by molar-refractivity contribution is 0.0692. The Bertz CT molecular complexity index is 781. The average molecular weight is 355 g/mol. The van der Waals surface area contributed by atoms with E-state index in [1.807, 2.05) is 0 Å². The predicted octanol–water partition coefficient (Wildman–Crippen LogP) is 1.08. The van der Waals surface area contributed by atoms with Crippen molar-refractivity contribution in [2.75, 3.05) is 6.61 Å². The van der Waals surface area contributed by atoms with Gasteiger partial charge in [-0.2, -0.15) is 0 Å². The van der Waals surface area contributed by atoms with Gasteiger partial charge in [0.1, 0.15) is 17.9 Å². The van der Waals surface area contributed by atoms with Crippen LogP contribution in [0.4, 0.5) is 0 Å². The van der Waals surface area contributed by atoms with E-state index in [2.05, 4.69) is 20.9 Å². The van der Waals surface area contributed by atoms with Crippen molar-refractivity contribution in [3.8, 4) is 5.75 Å². The van der Waals surface area contributed by atoms with Crippen LogP contribution in [0, 0.1) is 0 Å². The molecule has 0 saturated heterocycles. The molecule has 0 atom stereocenters. The molecule has 0 saturated carbocycles. The van der Waals surface area contributed by atoms with Crippen LogP contribution in [0.3, 0.4) is 0 Å². The number of aromatic amines is 1. The molecule has 1 aromatic carbocycles. The van der Waals surface area contributed by atoms with Crippen molar-refractivity contribution in [2.24, 2.45) is 0 Å². The topological polar surface area (TPSA) is 101 Å². The first-order valence-corrected chi connectivity index (χ1v) is 6.72. The molecule has 8 heteroatoms. The number of para-hydroxylation sites is 1. The monoisotopic (exact) mass is 354 g/mol. The number of ether oxygens (including phenoxy) is 1. The predicted molar refractivity (Wildman–Crippen MR) is 77.9 cm³/mol. The van der Waals surface area contributed by atoms with Gasteiger partial charge in [0.2, 0.25) is 0 Å². The Balaban J connectivity index is 2.09. The normalized spacial score (nSPS) is 10.3. The largest absolute Gasteiger partial charge is 0.491 e. The van der Waals surface area contributed by atoms with Gasteiger partial charge in [-0.3, -0.25) is 14.3 Å². The van der Waals surface area contributed by atoms with Crippen LogP contribution < -0.4 is 16.0 Å². The lowest BCUT2D eigenvalue weighted by atomic mass is 10.2. The Labute approximate surface area is 126 Å². The summed E-state index contributed by atoms with van der Waals surface area (Å²) in [5.41, 5.74) is -1.01. The zero-order valence-corrected chi connectivity index (χ0v) is 12.3. The van der Waals surface area contributed by atoms with Gasteiger partial charge in [0.05, 0.1) is 11.0 Å². The number of rotatable bonds is 5. The van der Waals surface area contributed by atoms with Gasteiger partial charge in [-0.15, -0.1) is 0 Å². The number of aromatic nitrogens is 2. The van der Waals surface area contributed by atoms with E-state index in [1.165, 1.54) is 22.9 Å². The minimum Gasteiger partial charge on any atom is -0.491 e. The van der Waals surface area contributed by atoms with Crippen LogP contribution in [0.1, 0.15) is 10.4 Å². The fourth-order valence-electron chi connectivity index (χ4n) is 1.67. The summed E-state index contributed by atoms with van der Waals surface area (Å²) in [5.74, 6) is -0.865. The van der Waals surface area contributed by atoms with Crippen LogP contribution in [0.25, 0.3) is 0 Å². The maximum Gasteiger partial charge on any atom is 0.339 e. The molecule has 0 radical (unpaired) electrons. The molecule has 0 aliphatic carbocycles. The van der Waals surface area contributed by atoms with E-state index in [9.17, 15) is 14.4 Å². The third kappa shape index (κ3) is 3.60. The number of carbonyl (C=O) groups is 1. The molecular weight excluding hydrogens is 344 g/mol. The molecule has 0 unspecified atom stereocenters. The molecule has 0 spiro atoms. The summed E-state index contributed by atoms with van der Waals surface area (Å²) >= 11 is 3.03. The molecule has 21 heavy (non-hydrogen) atoms. The van der Waals surface area contributed by atoms with E-state index >= 15 is 0 Å². The van der Waals surface area contributed by atoms with Gasteiger partial charge in [-0.25, -0.2) is 9.59 Å². The number of hydrogen-bond donors (Lipinski definition) is 2. The number of carboxylic acid groups (broad SMARTS) is 1. The summed E-state index contributed by atoms with van der Waals surface area (Å²) in [6, 6.07) is 6.22. The van der Waals surface area contributed by atoms with E-state index in [0.29, 0.717) is 0 Å². The minimum absolute atomic E-state index is 0.0486. The van der Waals surface area contributed by atoms with Gasteiger partial charge in [0.15, 0.2) is 0 Å². The van der Waals surface area contributed by atoms with E-state index in [0.717, 1.165) is 0 Å². The average Bonchev–Trinajstić information content (AvgIpc) is 2.44. The number of benzene rings is 1. The summed E-state index contributed by atoms with van der Waals surface area (Å²) in [6.07, 6.45) is 1.35. The molecule has 0 fully saturated rings. The number of nitrogens with one attached hydrogen (secondary N) is 1. The van der Waals surface area contributed by atoms with Crippen molar-refractivity contribution in [3.63, 3.8) is 0 Å². The molecule has 1 aromatic heterocycles. The molecule has 7 nitrogen and oxygen atoms in total. The highest BCUT2D eigenvalue weighted by Gasteiger charge is 2.10. The van der Waals surface area contributed by atoms with Gasteiger partial charge in [-0.05, 0) is 28.1 Å². The Kier molecular flexibility index (Phi) is 4.59. The summed E-state index contributed by atoms with van der Waals surface area (Å²) in [4.78, 5) is 35.9. The van der Waals surface area contributed by atoms with Crippen molar-refractivity contribution < 1.29 is 14.6 Å². The second-order valence-electron chi connectivity index (χ2n) is 4.08. The zero-order valence-electron chi connectivity index (χ0n) is 10.7. The molecule has 0 bridgehead atoms. The van der Waals surface area contributed by atoms with Gasteiger partial charge >= 0.3 is 11.7 Å². The lowest BCUT2D eigenvalue weighted by Gasteiger charge is -2.10. The van der Waals surface area contributed by atoms with Crippen LogP contribution in [0.2, 0.25) is 0 Å². The standard InChI is InChI=1S/C13H11BrN2O5/c14-9-7-16(13(20)15-11(9)17)5-6-21-10-4-2-1-3-8(10)12(18)19/h1-4,7H,5-6H2,(H,18,19)(H,15,17,20). The third-order valence-corrected chi connectivity index (χ3v) is 3.24. The van der Waals surface area contributed by atoms with Crippen LogP contribution in [0.5, 0.6) is 5.75 Å². The highest BCUT2D eigenvalue weighted by molar-refractivity contribution is 9.10. The van der Waals surface area contributed by atoms with E-state index in [1.54, 1.807) is 12.1 Å². The molecular formula is C13H11BrN2O5. The van der Waals surface area contributed by atoms with Crippen LogP contribution >= 0.6 is 15.9 Å². The number of carboxylic acids is 1. The Hall–Kier alpha value is -2.35. The van der Waals surface area contributed by atoms with Crippen molar-refractivity contribution >= 4 is 21.9 Å². The Morgan fingerprint density at radius 3 is 2.76 bits per heavy atom. The molecule has 110 valence electrons. The summed E-state index contributed by atoms with van der Waals surface area (Å²) in [7, 11) is 0. The van der Waals surface area contributed by atoms with Crippen LogP contribution in [-0.4, -0.2) is 27.2 Å². The first-order valence-electron chi connectivity index (χ1n) is 5.93. The van der Waals surface area contributed by atoms with Gasteiger partial charge < -0.3 is 9.84 Å². The number of hydrogen-bond acceptors (Lipinski definition) is 4. The Morgan fingerprint density at radius 2 is 2.05 bits per heavy atom. The van der Waals surface area contributed by atoms with Gasteiger partial charge in [0.25, 0.3) is 5.56 Å². The quantitative estimate of drug-likeness (QED) is 0.836. The fraction of sp³-hybridized carbons (Fsp3) is 0.154. The van der Waals surface area contributed by atoms with Crippen molar-refractivity contribution in [2.45, 2.75) is 6.54 Å². The maximum absolute atomic E-state index is 11.5.